The number of benzene rings is 2. The van der Waals surface area contributed by atoms with Crippen LogP contribution in [0.5, 0.6) is 0 Å². The monoisotopic (exact) mass is 491 g/mol. The van der Waals surface area contributed by atoms with E-state index in [1.54, 1.807) is 6.20 Å². The summed E-state index contributed by atoms with van der Waals surface area (Å²) in [5.41, 5.74) is 4.18. The highest BCUT2D eigenvalue weighted by atomic mass is 35.5. The van der Waals surface area contributed by atoms with Crippen molar-refractivity contribution in [1.82, 2.24) is 14.9 Å². The number of amides is 1. The molecule has 35 heavy (non-hydrogen) atoms. The molecule has 1 fully saturated rings. The fourth-order valence-electron chi connectivity index (χ4n) is 3.88. The number of nitrogens with one attached hydrogen (secondary N) is 3. The Morgan fingerprint density at radius 3 is 2.60 bits per heavy atom. The third-order valence-corrected chi connectivity index (χ3v) is 6.25. The molecular weight excluding hydrogens is 462 g/mol. The van der Waals surface area contributed by atoms with Crippen molar-refractivity contribution < 1.29 is 4.79 Å². The maximum absolute atomic E-state index is 11.6. The first kappa shape index (κ1) is 24.5. The summed E-state index contributed by atoms with van der Waals surface area (Å²) in [4.78, 5) is 25.4. The molecule has 1 amide bonds. The molecule has 1 aliphatic rings. The molecule has 3 N–H and O–H groups in total. The highest BCUT2D eigenvalue weighted by Crippen LogP contribution is 2.30. The van der Waals surface area contributed by atoms with E-state index < -0.39 is 0 Å². The molecule has 0 unspecified atom stereocenters. The quantitative estimate of drug-likeness (QED) is 0.374. The normalized spacial score (nSPS) is 13.9. The molecule has 0 saturated carbocycles. The van der Waals surface area contributed by atoms with Crippen LogP contribution in [0.3, 0.4) is 0 Å². The number of hydrogen-bond acceptors (Lipinski definition) is 7. The van der Waals surface area contributed by atoms with E-state index >= 15 is 0 Å². The van der Waals surface area contributed by atoms with E-state index in [9.17, 15) is 4.79 Å². The molecule has 0 atom stereocenters. The van der Waals surface area contributed by atoms with Crippen LogP contribution in [0, 0.1) is 6.92 Å². The number of likely N-dealkylation sites (N-methyl/N-ethyl adjacent to an activating group) is 1. The Morgan fingerprint density at radius 1 is 1.11 bits per heavy atom. The second-order valence-corrected chi connectivity index (χ2v) is 8.74. The summed E-state index contributed by atoms with van der Waals surface area (Å²) < 4.78 is 0. The van der Waals surface area contributed by atoms with Crippen LogP contribution in [0.2, 0.25) is 5.02 Å². The molecule has 4 rings (SSSR count). The number of nitrogens with zero attached hydrogens (tertiary/aromatic N) is 4. The molecule has 0 aliphatic carbocycles. The zero-order valence-corrected chi connectivity index (χ0v) is 20.8. The van der Waals surface area contributed by atoms with E-state index in [-0.39, 0.29) is 5.91 Å². The first-order chi connectivity index (χ1) is 16.9. The Kier molecular flexibility index (Phi) is 7.84. The maximum Gasteiger partial charge on any atom is 0.247 e. The number of halogens is 1. The van der Waals surface area contributed by atoms with Crippen LogP contribution >= 0.6 is 11.6 Å². The molecule has 0 spiro atoms. The molecule has 2 heterocycles. The SMILES string of the molecule is C=CC(=O)Nc1cccc(Nc2nc(Nc3ccc(N4CCN(CC)CC4)cc3Cl)ncc2C)c1. The third-order valence-electron chi connectivity index (χ3n) is 5.93. The van der Waals surface area contributed by atoms with Gasteiger partial charge in [0, 0.05) is 55.0 Å². The molecule has 1 aromatic heterocycles. The van der Waals surface area contributed by atoms with Crippen molar-refractivity contribution in [2.24, 2.45) is 0 Å². The predicted molar refractivity (Wildman–Crippen MR) is 144 cm³/mol. The third kappa shape index (κ3) is 6.29. The molecule has 0 radical (unpaired) electrons. The lowest BCUT2D eigenvalue weighted by molar-refractivity contribution is -0.111. The van der Waals surface area contributed by atoms with Gasteiger partial charge in [-0.25, -0.2) is 4.98 Å². The summed E-state index contributed by atoms with van der Waals surface area (Å²) in [6.07, 6.45) is 2.98. The van der Waals surface area contributed by atoms with Gasteiger partial charge >= 0.3 is 0 Å². The van der Waals surface area contributed by atoms with Gasteiger partial charge < -0.3 is 25.8 Å². The number of aromatic nitrogens is 2. The van der Waals surface area contributed by atoms with Crippen molar-refractivity contribution >= 4 is 52.0 Å². The summed E-state index contributed by atoms with van der Waals surface area (Å²) >= 11 is 6.61. The number of anilines is 6. The minimum absolute atomic E-state index is 0.266. The van der Waals surface area contributed by atoms with Gasteiger partial charge in [-0.2, -0.15) is 4.98 Å². The zero-order chi connectivity index (χ0) is 24.8. The van der Waals surface area contributed by atoms with Gasteiger partial charge in [0.2, 0.25) is 11.9 Å². The van der Waals surface area contributed by atoms with E-state index in [4.69, 9.17) is 11.6 Å². The molecule has 1 saturated heterocycles. The van der Waals surface area contributed by atoms with Crippen LogP contribution in [-0.4, -0.2) is 53.5 Å². The van der Waals surface area contributed by atoms with Gasteiger partial charge in [0.15, 0.2) is 0 Å². The largest absolute Gasteiger partial charge is 0.369 e. The van der Waals surface area contributed by atoms with E-state index in [0.717, 1.165) is 55.3 Å². The Morgan fingerprint density at radius 2 is 1.89 bits per heavy atom. The second-order valence-electron chi connectivity index (χ2n) is 8.33. The van der Waals surface area contributed by atoms with Crippen LogP contribution in [0.25, 0.3) is 0 Å². The van der Waals surface area contributed by atoms with Crippen LogP contribution in [0.4, 0.5) is 34.5 Å². The predicted octanol–water partition coefficient (Wildman–Crippen LogP) is 5.19. The van der Waals surface area contributed by atoms with Gasteiger partial charge in [0.25, 0.3) is 0 Å². The first-order valence-corrected chi connectivity index (χ1v) is 12.0. The zero-order valence-electron chi connectivity index (χ0n) is 20.0. The number of hydrogen-bond donors (Lipinski definition) is 3. The van der Waals surface area contributed by atoms with Gasteiger partial charge in [-0.3, -0.25) is 4.79 Å². The lowest BCUT2D eigenvalue weighted by Crippen LogP contribution is -2.46. The topological polar surface area (TPSA) is 85.4 Å². The van der Waals surface area contributed by atoms with Gasteiger partial charge in [0.1, 0.15) is 5.82 Å². The number of piperazine rings is 1. The summed E-state index contributed by atoms with van der Waals surface area (Å²) in [7, 11) is 0. The highest BCUT2D eigenvalue weighted by Gasteiger charge is 2.17. The maximum atomic E-state index is 11.6. The van der Waals surface area contributed by atoms with Gasteiger partial charge in [-0.15, -0.1) is 0 Å². The van der Waals surface area contributed by atoms with Crippen molar-refractivity contribution in [1.29, 1.82) is 0 Å². The number of rotatable bonds is 8. The fraction of sp³-hybridized carbons (Fsp3) is 0.269. The second kappa shape index (κ2) is 11.2. The molecule has 8 nitrogen and oxygen atoms in total. The van der Waals surface area contributed by atoms with Crippen LogP contribution in [0.15, 0.2) is 61.3 Å². The summed E-state index contributed by atoms with van der Waals surface area (Å²) in [5.74, 6) is 0.814. The van der Waals surface area contributed by atoms with Crippen molar-refractivity contribution in [2.45, 2.75) is 13.8 Å². The Labute approximate surface area is 211 Å². The highest BCUT2D eigenvalue weighted by molar-refractivity contribution is 6.33. The number of carbonyl (C=O) groups is 1. The summed E-state index contributed by atoms with van der Waals surface area (Å²) in [5, 5.41) is 9.89. The first-order valence-electron chi connectivity index (χ1n) is 11.6. The average Bonchev–Trinajstić information content (AvgIpc) is 2.87. The Hall–Kier alpha value is -3.62. The molecule has 1 aliphatic heterocycles. The smallest absolute Gasteiger partial charge is 0.247 e. The van der Waals surface area contributed by atoms with Crippen molar-refractivity contribution in [2.75, 3.05) is 53.6 Å². The Bertz CT molecular complexity index is 1210. The van der Waals surface area contributed by atoms with Gasteiger partial charge in [-0.05, 0) is 55.9 Å². The van der Waals surface area contributed by atoms with Gasteiger partial charge in [0.05, 0.1) is 10.7 Å². The fourth-order valence-corrected chi connectivity index (χ4v) is 4.10. The Balaban J connectivity index is 1.46. The summed E-state index contributed by atoms with van der Waals surface area (Å²) in [6.45, 7) is 12.8. The van der Waals surface area contributed by atoms with Crippen LogP contribution < -0.4 is 20.9 Å². The molecular formula is C26H30ClN7O. The van der Waals surface area contributed by atoms with Crippen LogP contribution in [0.1, 0.15) is 12.5 Å². The lowest BCUT2D eigenvalue weighted by Gasteiger charge is -2.35. The standard InChI is InChI=1S/C26H30ClN7O/c1-4-24(35)29-19-7-6-8-20(15-19)30-25-18(3)17-28-26(32-25)31-23-10-9-21(16-22(23)27)34-13-11-33(5-2)12-14-34/h4,6-10,15-17H,1,5,11-14H2,2-3H3,(H,29,35)(H2,28,30,31,32). The van der Waals surface area contributed by atoms with E-state index in [1.165, 1.54) is 6.08 Å². The molecule has 9 heteroatoms. The van der Waals surface area contributed by atoms with E-state index in [0.29, 0.717) is 22.5 Å². The minimum Gasteiger partial charge on any atom is -0.369 e. The number of aryl methyl sites for hydroxylation is 1. The molecule has 2 aromatic carbocycles. The lowest BCUT2D eigenvalue weighted by atomic mass is 10.2. The van der Waals surface area contributed by atoms with Crippen molar-refractivity contribution in [3.8, 4) is 0 Å². The minimum atomic E-state index is -0.266. The van der Waals surface area contributed by atoms with Crippen molar-refractivity contribution in [3.63, 3.8) is 0 Å². The average molecular weight is 492 g/mol. The summed E-state index contributed by atoms with van der Waals surface area (Å²) in [6, 6.07) is 13.4. The molecule has 182 valence electrons. The van der Waals surface area contributed by atoms with Crippen molar-refractivity contribution in [3.05, 3.63) is 71.9 Å². The van der Waals surface area contributed by atoms with Crippen LogP contribution in [-0.2, 0) is 4.79 Å². The molecule has 0 bridgehead atoms. The van der Waals surface area contributed by atoms with E-state index in [1.807, 2.05) is 43.3 Å². The van der Waals surface area contributed by atoms with Gasteiger partial charge in [-0.1, -0.05) is 31.2 Å². The number of carbonyl (C=O) groups excluding carboxylic acids is 1. The molecule has 3 aromatic rings. The van der Waals surface area contributed by atoms with E-state index in [2.05, 4.69) is 55.3 Å².